The molecule has 0 aromatic heterocycles. The van der Waals surface area contributed by atoms with Crippen LogP contribution in [-0.2, 0) is 9.53 Å². The number of amides is 2. The Hall–Kier alpha value is -1.30. The van der Waals surface area contributed by atoms with E-state index in [1.54, 1.807) is 4.90 Å². The predicted octanol–water partition coefficient (Wildman–Crippen LogP) is 1.84. The molecule has 1 heterocycles. The van der Waals surface area contributed by atoms with Crippen molar-refractivity contribution in [3.63, 3.8) is 0 Å². The first-order chi connectivity index (χ1) is 10.3. The average Bonchev–Trinajstić information content (AvgIpc) is 2.40. The molecule has 0 spiro atoms. The molecule has 1 rings (SSSR count). The third kappa shape index (κ3) is 5.83. The van der Waals surface area contributed by atoms with E-state index in [1.165, 1.54) is 0 Å². The van der Waals surface area contributed by atoms with E-state index >= 15 is 0 Å². The van der Waals surface area contributed by atoms with Crippen molar-refractivity contribution in [1.29, 1.82) is 0 Å². The number of ether oxygens (including phenoxy) is 1. The number of nitrogens with one attached hydrogen (secondary N) is 1. The van der Waals surface area contributed by atoms with Gasteiger partial charge in [0.1, 0.15) is 0 Å². The normalized spacial score (nSPS) is 18.4. The maximum absolute atomic E-state index is 12.0. The maximum Gasteiger partial charge on any atom is 0.409 e. The van der Waals surface area contributed by atoms with E-state index in [1.807, 2.05) is 13.8 Å². The molecule has 128 valence electrons. The van der Waals surface area contributed by atoms with Crippen molar-refractivity contribution in [2.24, 2.45) is 0 Å². The molecule has 22 heavy (non-hydrogen) atoms. The lowest BCUT2D eigenvalue weighted by Crippen LogP contribution is -2.62. The van der Waals surface area contributed by atoms with Crippen LogP contribution in [0.2, 0.25) is 0 Å². The first kappa shape index (κ1) is 18.7. The molecule has 1 aliphatic heterocycles. The largest absolute Gasteiger partial charge is 0.449 e. The van der Waals surface area contributed by atoms with E-state index in [2.05, 4.69) is 31.0 Å². The summed E-state index contributed by atoms with van der Waals surface area (Å²) in [6, 6.07) is 0.144. The molecule has 1 fully saturated rings. The zero-order valence-corrected chi connectivity index (χ0v) is 14.6. The van der Waals surface area contributed by atoms with Crippen molar-refractivity contribution < 1.29 is 14.3 Å². The zero-order chi connectivity index (χ0) is 16.8. The molecule has 1 N–H and O–H groups in total. The van der Waals surface area contributed by atoms with Crippen molar-refractivity contribution >= 4 is 12.0 Å². The molecule has 0 bridgehead atoms. The molecular weight excluding hydrogens is 282 g/mol. The number of piperazine rings is 1. The molecule has 0 aliphatic carbocycles. The summed E-state index contributed by atoms with van der Waals surface area (Å²) in [6.07, 6.45) is 1.66. The lowest BCUT2D eigenvalue weighted by molar-refractivity contribution is -0.125. The van der Waals surface area contributed by atoms with Crippen LogP contribution in [0.1, 0.15) is 47.5 Å². The van der Waals surface area contributed by atoms with Crippen LogP contribution in [0.15, 0.2) is 0 Å². The molecule has 6 nitrogen and oxygen atoms in total. The summed E-state index contributed by atoms with van der Waals surface area (Å²) in [6.45, 7) is 12.8. The molecule has 0 radical (unpaired) electrons. The Morgan fingerprint density at radius 1 is 1.27 bits per heavy atom. The van der Waals surface area contributed by atoms with Crippen LogP contribution < -0.4 is 5.32 Å². The first-order valence-electron chi connectivity index (χ1n) is 8.22. The van der Waals surface area contributed by atoms with Gasteiger partial charge in [-0.05, 0) is 34.1 Å². The van der Waals surface area contributed by atoms with Gasteiger partial charge in [0.2, 0.25) is 5.91 Å². The second-order valence-corrected chi connectivity index (χ2v) is 6.85. The van der Waals surface area contributed by atoms with Crippen molar-refractivity contribution in [3.05, 3.63) is 0 Å². The number of nitrogens with zero attached hydrogens (tertiary/aromatic N) is 2. The smallest absolute Gasteiger partial charge is 0.409 e. The van der Waals surface area contributed by atoms with Gasteiger partial charge in [0.05, 0.1) is 13.2 Å². The molecule has 0 aromatic rings. The maximum atomic E-state index is 12.0. The van der Waals surface area contributed by atoms with E-state index < -0.39 is 0 Å². The molecule has 6 heteroatoms. The molecule has 0 atom stereocenters. The van der Waals surface area contributed by atoms with Gasteiger partial charge in [0, 0.05) is 31.2 Å². The van der Waals surface area contributed by atoms with Crippen LogP contribution in [0, 0.1) is 0 Å². The highest BCUT2D eigenvalue weighted by Gasteiger charge is 2.36. The minimum absolute atomic E-state index is 0.0297. The van der Waals surface area contributed by atoms with Gasteiger partial charge in [0.15, 0.2) is 0 Å². The number of carbonyl (C=O) groups excluding carboxylic acids is 2. The van der Waals surface area contributed by atoms with E-state index in [0.717, 1.165) is 12.8 Å². The van der Waals surface area contributed by atoms with Gasteiger partial charge in [-0.3, -0.25) is 9.69 Å². The molecule has 0 saturated carbocycles. The lowest BCUT2D eigenvalue weighted by Gasteiger charge is -2.46. The average molecular weight is 313 g/mol. The van der Waals surface area contributed by atoms with Crippen LogP contribution in [0.3, 0.4) is 0 Å². The van der Waals surface area contributed by atoms with Gasteiger partial charge in [0.25, 0.3) is 0 Å². The molecule has 1 saturated heterocycles. The van der Waals surface area contributed by atoms with Crippen molar-refractivity contribution in [2.75, 3.05) is 32.8 Å². The summed E-state index contributed by atoms with van der Waals surface area (Å²) < 4.78 is 5.27. The van der Waals surface area contributed by atoms with Crippen LogP contribution >= 0.6 is 0 Å². The Bertz CT molecular complexity index is 383. The number of carbonyl (C=O) groups is 2. The SMILES string of the molecule is CCCCOC(=O)N1CCN(CC(=O)NC(C)C)C(C)(C)C1. The van der Waals surface area contributed by atoms with Gasteiger partial charge in [-0.1, -0.05) is 13.3 Å². The Labute approximate surface area is 134 Å². The van der Waals surface area contributed by atoms with Crippen LogP contribution in [0.5, 0.6) is 0 Å². The Balaban J connectivity index is 2.50. The van der Waals surface area contributed by atoms with Gasteiger partial charge in [-0.2, -0.15) is 0 Å². The summed E-state index contributed by atoms with van der Waals surface area (Å²) in [7, 11) is 0. The molecule has 0 unspecified atom stereocenters. The Morgan fingerprint density at radius 2 is 1.95 bits per heavy atom. The van der Waals surface area contributed by atoms with E-state index in [9.17, 15) is 9.59 Å². The molecular formula is C16H31N3O3. The molecule has 0 aromatic carbocycles. The highest BCUT2D eigenvalue weighted by Crippen LogP contribution is 2.21. The first-order valence-corrected chi connectivity index (χ1v) is 8.22. The summed E-state index contributed by atoms with van der Waals surface area (Å²) in [4.78, 5) is 27.9. The second-order valence-electron chi connectivity index (χ2n) is 6.85. The van der Waals surface area contributed by atoms with E-state index in [4.69, 9.17) is 4.74 Å². The fourth-order valence-electron chi connectivity index (χ4n) is 2.58. The minimum Gasteiger partial charge on any atom is -0.449 e. The standard InChI is InChI=1S/C16H31N3O3/c1-6-7-10-22-15(21)18-8-9-19(16(4,5)12-18)11-14(20)17-13(2)3/h13H,6-12H2,1-5H3,(H,17,20). The van der Waals surface area contributed by atoms with Crippen molar-refractivity contribution in [3.8, 4) is 0 Å². The summed E-state index contributed by atoms with van der Waals surface area (Å²) in [5.74, 6) is 0.0297. The molecule has 1 aliphatic rings. The van der Waals surface area contributed by atoms with Crippen molar-refractivity contribution in [2.45, 2.75) is 59.0 Å². The highest BCUT2D eigenvalue weighted by molar-refractivity contribution is 5.78. The third-order valence-electron chi connectivity index (χ3n) is 3.84. The van der Waals surface area contributed by atoms with Crippen LogP contribution in [0.4, 0.5) is 4.79 Å². The number of hydrogen-bond acceptors (Lipinski definition) is 4. The lowest BCUT2D eigenvalue weighted by atomic mass is 9.99. The van der Waals surface area contributed by atoms with Gasteiger partial charge in [-0.25, -0.2) is 4.79 Å². The van der Waals surface area contributed by atoms with E-state index in [0.29, 0.717) is 32.8 Å². The van der Waals surface area contributed by atoms with Crippen molar-refractivity contribution in [1.82, 2.24) is 15.1 Å². The number of unbranched alkanes of at least 4 members (excludes halogenated alkanes) is 1. The monoisotopic (exact) mass is 313 g/mol. The topological polar surface area (TPSA) is 61.9 Å². The predicted molar refractivity (Wildman–Crippen MR) is 86.8 cm³/mol. The third-order valence-corrected chi connectivity index (χ3v) is 3.84. The summed E-state index contributed by atoms with van der Waals surface area (Å²) in [5.41, 5.74) is -0.240. The quantitative estimate of drug-likeness (QED) is 0.760. The molecule has 2 amide bonds. The highest BCUT2D eigenvalue weighted by atomic mass is 16.6. The summed E-state index contributed by atoms with van der Waals surface area (Å²) in [5, 5.41) is 2.91. The van der Waals surface area contributed by atoms with Gasteiger partial charge in [-0.15, -0.1) is 0 Å². The van der Waals surface area contributed by atoms with Crippen LogP contribution in [-0.4, -0.2) is 66.2 Å². The Kier molecular flexibility index (Phi) is 7.13. The Morgan fingerprint density at radius 3 is 2.50 bits per heavy atom. The van der Waals surface area contributed by atoms with Gasteiger partial charge >= 0.3 is 6.09 Å². The number of hydrogen-bond donors (Lipinski definition) is 1. The van der Waals surface area contributed by atoms with Gasteiger partial charge < -0.3 is 15.0 Å². The fourth-order valence-corrected chi connectivity index (χ4v) is 2.58. The second kappa shape index (κ2) is 8.36. The van der Waals surface area contributed by atoms with Crippen LogP contribution in [0.25, 0.3) is 0 Å². The van der Waals surface area contributed by atoms with E-state index in [-0.39, 0.29) is 23.6 Å². The minimum atomic E-state index is -0.243. The fraction of sp³-hybridized carbons (Fsp3) is 0.875. The summed E-state index contributed by atoms with van der Waals surface area (Å²) >= 11 is 0. The zero-order valence-electron chi connectivity index (χ0n) is 14.6. The number of rotatable bonds is 6.